The molecule has 3 aromatic rings. The Bertz CT molecular complexity index is 2280. The molecule has 0 saturated carbocycles. The Morgan fingerprint density at radius 1 is 0.919 bits per heavy atom. The molecule has 0 spiro atoms. The molecule has 1 aliphatic heterocycles. The lowest BCUT2D eigenvalue weighted by atomic mass is 9.72. The lowest BCUT2D eigenvalue weighted by molar-refractivity contribution is -0.249. The minimum absolute atomic E-state index is 0.0536. The number of rotatable bonds is 11. The topological polar surface area (TPSA) is 274 Å². The number of hydrogen-bond donors (Lipinski definition) is 8. The number of phenols is 2. The minimum Gasteiger partial charge on any atom is -0.507 e. The summed E-state index contributed by atoms with van der Waals surface area (Å²) in [6.07, 6.45) is 0.330. The van der Waals surface area contributed by atoms with Crippen LogP contribution >= 0.6 is 0 Å². The molecule has 1 heterocycles. The Morgan fingerprint density at radius 2 is 1.61 bits per heavy atom. The number of ether oxygens (including phenoxy) is 4. The predicted octanol–water partition coefficient (Wildman–Crippen LogP) is 2.45. The second-order valence-electron chi connectivity index (χ2n) is 16.3. The largest absolute Gasteiger partial charge is 0.507 e. The molecule has 3 aromatic carbocycles. The Hall–Kier alpha value is -5.69. The number of aliphatic hydroxyl groups excluding tert-OH is 2. The molecule has 0 aromatic heterocycles. The number of benzene rings is 3. The third kappa shape index (κ3) is 8.82. The molecule has 9 N–H and O–H groups in total. The first-order chi connectivity index (χ1) is 29.6. The summed E-state index contributed by atoms with van der Waals surface area (Å²) in [5.74, 6) is -4.27. The van der Waals surface area contributed by atoms with E-state index in [1.54, 1.807) is 24.3 Å². The molecule has 1 saturated heterocycles. The van der Waals surface area contributed by atoms with Crippen molar-refractivity contribution in [2.45, 2.75) is 113 Å². The van der Waals surface area contributed by atoms with E-state index in [2.05, 4.69) is 22.8 Å². The van der Waals surface area contributed by atoms with Gasteiger partial charge in [-0.15, -0.1) is 0 Å². The zero-order chi connectivity index (χ0) is 44.5. The first kappa shape index (κ1) is 44.4. The van der Waals surface area contributed by atoms with Crippen molar-refractivity contribution in [2.24, 2.45) is 5.73 Å². The van der Waals surface area contributed by atoms with Crippen LogP contribution in [0.15, 0.2) is 54.6 Å². The number of nitrogens with one attached hydrogen (secondary N) is 2. The second kappa shape index (κ2) is 18.3. The van der Waals surface area contributed by atoms with Crippen molar-refractivity contribution in [1.29, 1.82) is 0 Å². The smallest absolute Gasteiger partial charge is 0.407 e. The number of aliphatic hydroxyl groups is 3. The van der Waals surface area contributed by atoms with Gasteiger partial charge in [0.2, 0.25) is 11.7 Å². The monoisotopic (exact) mass is 857 g/mol. The zero-order valence-electron chi connectivity index (χ0n) is 34.3. The van der Waals surface area contributed by atoms with Crippen LogP contribution in [0.2, 0.25) is 0 Å². The van der Waals surface area contributed by atoms with Gasteiger partial charge in [-0.3, -0.25) is 19.2 Å². The van der Waals surface area contributed by atoms with Crippen LogP contribution in [0.4, 0.5) is 4.79 Å². The molecule has 0 radical (unpaired) electrons. The van der Waals surface area contributed by atoms with Crippen LogP contribution in [0.25, 0.3) is 0 Å². The standard InChI is InChI=1S/C45H51N3O14/c1-22-39(52)29(48-44(57)60-21-24-14-12-23(13-15-24)16-33(51)47-28-10-6-4-3-5-9-27(28)46)17-34(61-22)62-31-19-45(58,32(50)20-49)18-26-36(31)43(56)38-37(41(26)54)40(53)25-8-7-11-30(59-2)35(25)42(38)55/h3-4,7-8,11-15,22,27-29,31,34,39,49,52,54,56,58H,5-6,9-10,16-21,46H2,1-2H3,(H,47,51)(H,48,57)/b4-3+/t22?,27?,28?,29?,31-,34-,39+,45-/m0/s1. The number of alkyl carbamates (subject to hydrolysis) is 1. The highest BCUT2D eigenvalue weighted by atomic mass is 16.7. The summed E-state index contributed by atoms with van der Waals surface area (Å²) in [5.41, 5.74) is 3.55. The lowest BCUT2D eigenvalue weighted by Crippen LogP contribution is -2.56. The lowest BCUT2D eigenvalue weighted by Gasteiger charge is -2.42. The normalized spacial score (nSPS) is 27.4. The molecule has 330 valence electrons. The number of carbonyl (C=O) groups excluding carboxylic acids is 5. The maximum Gasteiger partial charge on any atom is 0.407 e. The molecule has 7 rings (SSSR count). The summed E-state index contributed by atoms with van der Waals surface area (Å²) in [6.45, 7) is 0.285. The summed E-state index contributed by atoms with van der Waals surface area (Å²) in [5, 5.41) is 61.5. The molecule has 17 heteroatoms. The van der Waals surface area contributed by atoms with E-state index in [1.807, 2.05) is 0 Å². The zero-order valence-corrected chi connectivity index (χ0v) is 34.3. The summed E-state index contributed by atoms with van der Waals surface area (Å²) in [7, 11) is 1.30. The van der Waals surface area contributed by atoms with E-state index in [0.29, 0.717) is 5.56 Å². The number of hydrogen-bond acceptors (Lipinski definition) is 15. The van der Waals surface area contributed by atoms with Crippen molar-refractivity contribution >= 4 is 29.4 Å². The van der Waals surface area contributed by atoms with E-state index in [0.717, 1.165) is 31.2 Å². The van der Waals surface area contributed by atoms with E-state index in [4.69, 9.17) is 24.7 Å². The van der Waals surface area contributed by atoms with E-state index in [-0.39, 0.29) is 65.4 Å². The number of carbonyl (C=O) groups is 5. The average molecular weight is 858 g/mol. The van der Waals surface area contributed by atoms with Crippen molar-refractivity contribution in [1.82, 2.24) is 10.6 Å². The number of fused-ring (bicyclic) bond motifs is 3. The summed E-state index contributed by atoms with van der Waals surface area (Å²) < 4.78 is 22.9. The quantitative estimate of drug-likeness (QED) is 0.0795. The van der Waals surface area contributed by atoms with Crippen LogP contribution in [-0.2, 0) is 43.2 Å². The first-order valence-corrected chi connectivity index (χ1v) is 20.6. The fourth-order valence-corrected chi connectivity index (χ4v) is 8.79. The van der Waals surface area contributed by atoms with Gasteiger partial charge >= 0.3 is 6.09 Å². The third-order valence-corrected chi connectivity index (χ3v) is 12.2. The van der Waals surface area contributed by atoms with Crippen molar-refractivity contribution < 1.29 is 68.5 Å². The summed E-state index contributed by atoms with van der Waals surface area (Å²) in [4.78, 5) is 66.6. The maximum atomic E-state index is 14.0. The Kier molecular flexibility index (Phi) is 13.1. The summed E-state index contributed by atoms with van der Waals surface area (Å²) in [6, 6.07) is 10.0. The molecule has 17 nitrogen and oxygen atoms in total. The molecule has 4 aliphatic rings. The summed E-state index contributed by atoms with van der Waals surface area (Å²) >= 11 is 0. The Balaban J connectivity index is 1.04. The van der Waals surface area contributed by atoms with Crippen LogP contribution in [0, 0.1) is 0 Å². The number of Topliss-reactive ketones (excluding diaryl/α,β-unsaturated/α-hetero) is 1. The highest BCUT2D eigenvalue weighted by Gasteiger charge is 2.50. The van der Waals surface area contributed by atoms with Crippen molar-refractivity contribution in [2.75, 3.05) is 13.7 Å². The molecular weight excluding hydrogens is 807 g/mol. The van der Waals surface area contributed by atoms with Gasteiger partial charge in [-0.1, -0.05) is 48.6 Å². The first-order valence-electron chi connectivity index (χ1n) is 20.6. The molecule has 2 amide bonds. The van der Waals surface area contributed by atoms with Gasteiger partial charge in [-0.05, 0) is 49.8 Å². The van der Waals surface area contributed by atoms with Gasteiger partial charge in [-0.25, -0.2) is 4.79 Å². The van der Waals surface area contributed by atoms with Crippen molar-refractivity contribution in [3.8, 4) is 17.2 Å². The van der Waals surface area contributed by atoms with E-state index in [9.17, 15) is 49.5 Å². The average Bonchev–Trinajstić information content (AvgIpc) is 3.24. The molecule has 8 atom stereocenters. The van der Waals surface area contributed by atoms with Gasteiger partial charge in [0.15, 0.2) is 17.9 Å². The van der Waals surface area contributed by atoms with E-state index < -0.39 is 102 Å². The van der Waals surface area contributed by atoms with Gasteiger partial charge in [0.05, 0.1) is 48.5 Å². The Labute approximate surface area is 356 Å². The second-order valence-corrected chi connectivity index (χ2v) is 16.3. The highest BCUT2D eigenvalue weighted by Crippen LogP contribution is 2.52. The van der Waals surface area contributed by atoms with Gasteiger partial charge < -0.3 is 60.8 Å². The fourth-order valence-electron chi connectivity index (χ4n) is 8.79. The minimum atomic E-state index is -2.36. The number of aromatic hydroxyl groups is 2. The number of phenolic OH excluding ortho intramolecular Hbond substituents is 2. The molecule has 1 fully saturated rings. The molecular formula is C45H51N3O14. The maximum absolute atomic E-state index is 14.0. The molecule has 0 bridgehead atoms. The number of amides is 2. The molecule has 3 aliphatic carbocycles. The molecule has 4 unspecified atom stereocenters. The Morgan fingerprint density at radius 3 is 2.32 bits per heavy atom. The fraction of sp³-hybridized carbons (Fsp3) is 0.444. The van der Waals surface area contributed by atoms with Gasteiger partial charge in [0.25, 0.3) is 0 Å². The van der Waals surface area contributed by atoms with Crippen LogP contribution in [0.3, 0.4) is 0 Å². The number of allylic oxidation sites excluding steroid dienone is 2. The van der Waals surface area contributed by atoms with Gasteiger partial charge in [0.1, 0.15) is 42.2 Å². The van der Waals surface area contributed by atoms with Crippen LogP contribution in [0.5, 0.6) is 17.2 Å². The third-order valence-electron chi connectivity index (χ3n) is 12.2. The van der Waals surface area contributed by atoms with Crippen molar-refractivity contribution in [3.05, 3.63) is 99.1 Å². The van der Waals surface area contributed by atoms with Crippen LogP contribution in [-0.4, -0.2) is 111 Å². The number of methoxy groups -OCH3 is 1. The highest BCUT2D eigenvalue weighted by molar-refractivity contribution is 6.31. The van der Waals surface area contributed by atoms with Crippen molar-refractivity contribution in [3.63, 3.8) is 0 Å². The van der Waals surface area contributed by atoms with Crippen LogP contribution < -0.4 is 21.1 Å². The SMILES string of the molecule is COc1cccc2c1C(=O)c1c(O)c3c(c(O)c1C2=O)C[C@@](O)(C(=O)CO)C[C@@H]3O[C@H]1CC(NC(=O)OCc2ccc(CC(=O)NC3CC/C=C/CCC3N)cc2)[C@H](O)C(C)O1. The molecule has 62 heavy (non-hydrogen) atoms. The van der Waals surface area contributed by atoms with E-state index in [1.165, 1.54) is 32.2 Å². The van der Waals surface area contributed by atoms with E-state index >= 15 is 0 Å². The predicted molar refractivity (Wildman–Crippen MR) is 219 cm³/mol. The van der Waals surface area contributed by atoms with Gasteiger partial charge in [0, 0.05) is 48.0 Å². The van der Waals surface area contributed by atoms with Gasteiger partial charge in [-0.2, -0.15) is 0 Å². The number of nitrogens with two attached hydrogens (primary N) is 1. The van der Waals surface area contributed by atoms with Crippen LogP contribution in [0.1, 0.15) is 106 Å². The number of ketones is 3.